The molecule has 10 heteroatoms. The zero-order valence-corrected chi connectivity index (χ0v) is 26.3. The first-order valence-electron chi connectivity index (χ1n) is 15.0. The first-order chi connectivity index (χ1) is 21.0. The molecule has 2 aromatic rings. The van der Waals surface area contributed by atoms with E-state index in [1.807, 2.05) is 55.5 Å². The molecule has 0 radical (unpaired) electrons. The molecule has 0 aromatic heterocycles. The number of esters is 1. The molecule has 0 spiro atoms. The fourth-order valence-corrected chi connectivity index (χ4v) is 6.37. The quantitative estimate of drug-likeness (QED) is 0.418. The Balaban J connectivity index is 1.45. The van der Waals surface area contributed by atoms with Crippen molar-refractivity contribution in [2.24, 2.45) is 16.7 Å². The van der Waals surface area contributed by atoms with Gasteiger partial charge in [-0.15, -0.1) is 0 Å². The smallest absolute Gasteiger partial charge is 0.320 e. The van der Waals surface area contributed by atoms with Crippen molar-refractivity contribution in [1.29, 1.82) is 0 Å². The Morgan fingerprint density at radius 2 is 1.84 bits per heavy atom. The Hall–Kier alpha value is -4.05. The number of para-hydroxylation sites is 1. The molecular formula is C34H42N2O8. The van der Waals surface area contributed by atoms with E-state index >= 15 is 0 Å². The molecule has 2 amide bonds. The minimum Gasteiger partial charge on any atom is -0.496 e. The summed E-state index contributed by atoms with van der Waals surface area (Å²) in [5.41, 5.74) is 0.757. The normalized spacial score (nSPS) is 24.3. The zero-order chi connectivity index (χ0) is 31.6. The summed E-state index contributed by atoms with van der Waals surface area (Å²) in [7, 11) is 2.95. The van der Waals surface area contributed by atoms with E-state index in [9.17, 15) is 14.4 Å². The summed E-state index contributed by atoms with van der Waals surface area (Å²) >= 11 is 0. The van der Waals surface area contributed by atoms with Gasteiger partial charge in [0.1, 0.15) is 11.2 Å². The van der Waals surface area contributed by atoms with Gasteiger partial charge >= 0.3 is 5.97 Å². The molecule has 1 saturated heterocycles. The van der Waals surface area contributed by atoms with Crippen LogP contribution in [0, 0.1) is 16.7 Å². The second-order valence-electron chi connectivity index (χ2n) is 12.7. The third-order valence-corrected chi connectivity index (χ3v) is 8.81. The van der Waals surface area contributed by atoms with Gasteiger partial charge in [-0.1, -0.05) is 45.0 Å². The van der Waals surface area contributed by atoms with Crippen LogP contribution in [0.15, 0.2) is 54.2 Å². The number of methoxy groups -OCH3 is 2. The van der Waals surface area contributed by atoms with Gasteiger partial charge in [0, 0.05) is 24.6 Å². The molecule has 3 aliphatic heterocycles. The minimum atomic E-state index is -1.27. The maximum atomic E-state index is 14.3. The van der Waals surface area contributed by atoms with E-state index in [0.717, 1.165) is 16.9 Å². The lowest BCUT2D eigenvalue weighted by Crippen LogP contribution is -2.61. The van der Waals surface area contributed by atoms with Crippen LogP contribution in [0.1, 0.15) is 51.7 Å². The average molecular weight is 607 g/mol. The number of carbonyl (C=O) groups is 3. The molecule has 4 atom stereocenters. The van der Waals surface area contributed by atoms with E-state index < -0.39 is 23.4 Å². The van der Waals surface area contributed by atoms with Crippen molar-refractivity contribution in [3.8, 4) is 17.2 Å². The summed E-state index contributed by atoms with van der Waals surface area (Å²) in [5, 5.41) is 2.95. The van der Waals surface area contributed by atoms with Gasteiger partial charge in [0.15, 0.2) is 11.5 Å². The summed E-state index contributed by atoms with van der Waals surface area (Å²) in [6.07, 6.45) is 1.52. The Morgan fingerprint density at radius 1 is 1.09 bits per heavy atom. The number of carbonyl (C=O) groups excluding carboxylic acids is 3. The number of hydrogen-bond donors (Lipinski definition) is 1. The Morgan fingerprint density at radius 3 is 2.57 bits per heavy atom. The van der Waals surface area contributed by atoms with E-state index in [4.69, 9.17) is 23.7 Å². The van der Waals surface area contributed by atoms with Gasteiger partial charge in [-0.25, -0.2) is 0 Å². The van der Waals surface area contributed by atoms with Crippen LogP contribution in [0.2, 0.25) is 0 Å². The molecule has 1 fully saturated rings. The van der Waals surface area contributed by atoms with Gasteiger partial charge in [0.05, 0.1) is 33.0 Å². The highest BCUT2D eigenvalue weighted by Crippen LogP contribution is 2.52. The molecule has 5 rings (SSSR count). The largest absolute Gasteiger partial charge is 0.496 e. The van der Waals surface area contributed by atoms with Crippen molar-refractivity contribution in [3.05, 3.63) is 65.4 Å². The van der Waals surface area contributed by atoms with E-state index in [1.54, 1.807) is 12.0 Å². The molecule has 10 nitrogen and oxygen atoms in total. The third kappa shape index (κ3) is 6.00. The third-order valence-electron chi connectivity index (χ3n) is 8.81. The van der Waals surface area contributed by atoms with Crippen LogP contribution in [0.5, 0.6) is 17.2 Å². The molecule has 2 aromatic carbocycles. The van der Waals surface area contributed by atoms with Crippen LogP contribution in [0.3, 0.4) is 0 Å². The molecule has 0 unspecified atom stereocenters. The molecule has 1 N–H and O–H groups in total. The second kappa shape index (κ2) is 12.5. The highest BCUT2D eigenvalue weighted by Gasteiger charge is 2.60. The van der Waals surface area contributed by atoms with E-state index in [1.165, 1.54) is 7.11 Å². The van der Waals surface area contributed by atoms with Crippen molar-refractivity contribution >= 4 is 17.8 Å². The van der Waals surface area contributed by atoms with Crippen LogP contribution >= 0.6 is 0 Å². The lowest BCUT2D eigenvalue weighted by atomic mass is 9.65. The average Bonchev–Trinajstić information content (AvgIpc) is 3.47. The number of hydrogen-bond acceptors (Lipinski definition) is 8. The summed E-state index contributed by atoms with van der Waals surface area (Å²) in [6, 6.07) is 13.2. The monoisotopic (exact) mass is 606 g/mol. The summed E-state index contributed by atoms with van der Waals surface area (Å²) in [4.78, 5) is 42.9. The Bertz CT molecular complexity index is 1450. The zero-order valence-electron chi connectivity index (χ0n) is 26.3. The molecule has 236 valence electrons. The maximum Gasteiger partial charge on any atom is 0.320 e. The number of ether oxygens (including phenoxy) is 5. The first kappa shape index (κ1) is 31.4. The number of rotatable bonds is 9. The molecule has 44 heavy (non-hydrogen) atoms. The minimum absolute atomic E-state index is 0.0795. The molecular weight excluding hydrogens is 564 g/mol. The van der Waals surface area contributed by atoms with Crippen LogP contribution < -0.4 is 19.5 Å². The predicted molar refractivity (Wildman–Crippen MR) is 162 cm³/mol. The summed E-state index contributed by atoms with van der Waals surface area (Å²) in [5.74, 6) is 0.219. The highest BCUT2D eigenvalue weighted by atomic mass is 16.7. The number of piperidine rings is 1. The van der Waals surface area contributed by atoms with Crippen LogP contribution in [0.4, 0.5) is 0 Å². The molecule has 0 saturated carbocycles. The van der Waals surface area contributed by atoms with E-state index in [0.29, 0.717) is 30.2 Å². The van der Waals surface area contributed by atoms with Gasteiger partial charge in [-0.05, 0) is 60.6 Å². The number of likely N-dealkylation sites (tertiary alicyclic amines) is 1. The first-order valence-corrected chi connectivity index (χ1v) is 15.0. The van der Waals surface area contributed by atoms with E-state index in [-0.39, 0.29) is 49.5 Å². The Labute approximate surface area is 258 Å². The van der Waals surface area contributed by atoms with Gasteiger partial charge < -0.3 is 33.9 Å². The lowest BCUT2D eigenvalue weighted by molar-refractivity contribution is -0.180. The van der Waals surface area contributed by atoms with Crippen molar-refractivity contribution in [2.45, 2.75) is 65.7 Å². The van der Waals surface area contributed by atoms with Gasteiger partial charge in [-0.2, -0.15) is 0 Å². The molecule has 3 heterocycles. The number of fused-ring (bicyclic) bond motifs is 2. The van der Waals surface area contributed by atoms with E-state index in [2.05, 4.69) is 26.1 Å². The van der Waals surface area contributed by atoms with Crippen molar-refractivity contribution in [3.63, 3.8) is 0 Å². The summed E-state index contributed by atoms with van der Waals surface area (Å²) in [6.45, 7) is 8.69. The molecule has 0 bridgehead atoms. The van der Waals surface area contributed by atoms with Crippen LogP contribution in [-0.4, -0.2) is 62.4 Å². The maximum absolute atomic E-state index is 14.3. The predicted octanol–water partition coefficient (Wildman–Crippen LogP) is 4.40. The Kier molecular flexibility index (Phi) is 8.92. The topological polar surface area (TPSA) is 113 Å². The number of nitrogens with one attached hydrogen (secondary N) is 1. The van der Waals surface area contributed by atoms with Gasteiger partial charge in [-0.3, -0.25) is 14.4 Å². The molecule has 3 aliphatic rings. The second-order valence-corrected chi connectivity index (χ2v) is 12.7. The molecule has 0 aliphatic carbocycles. The van der Waals surface area contributed by atoms with Crippen molar-refractivity contribution in [2.75, 3.05) is 27.6 Å². The van der Waals surface area contributed by atoms with Crippen LogP contribution in [-0.2, 0) is 36.8 Å². The van der Waals surface area contributed by atoms with Crippen molar-refractivity contribution in [1.82, 2.24) is 10.2 Å². The number of benzene rings is 2. The van der Waals surface area contributed by atoms with Crippen LogP contribution in [0.25, 0.3) is 0 Å². The fraction of sp³-hybridized carbons (Fsp3) is 0.500. The number of nitrogens with zero attached hydrogens (tertiary/aromatic N) is 1. The summed E-state index contributed by atoms with van der Waals surface area (Å²) < 4.78 is 28.3. The number of amides is 2. The fourth-order valence-electron chi connectivity index (χ4n) is 6.37. The van der Waals surface area contributed by atoms with Gasteiger partial charge in [0.25, 0.3) is 0 Å². The lowest BCUT2D eigenvalue weighted by Gasteiger charge is -2.53. The van der Waals surface area contributed by atoms with Gasteiger partial charge in [0.2, 0.25) is 18.6 Å². The highest BCUT2D eigenvalue weighted by molar-refractivity contribution is 5.92. The SMILES string of the molecule is COC(=O)[C@]12C[C@H](CC(=O)NCCc3ccccc3OC)C(=O)N(Cc3ccc4c(c3)OCO4)C1=C[C@H](C(C)(C)C)O[C@@H]2C. The standard InChI is InChI=1S/C34H42N2O8/c1-21-34(32(39)41-6)18-24(16-30(37)35-14-13-23-9-7-8-10-25(23)40-5)31(38)36(28(34)17-29(44-21)33(2,3)4)19-22-11-12-26-27(15-22)43-20-42-26/h7-12,15,17,21,24,29H,13-14,16,18-20H2,1-6H3,(H,35,37)/t21-,24+,29-,34+/m1/s1. The van der Waals surface area contributed by atoms with Crippen molar-refractivity contribution < 1.29 is 38.1 Å².